The zero-order chi connectivity index (χ0) is 18.9. The average molecular weight is 373 g/mol. The molecule has 1 fully saturated rings. The van der Waals surface area contributed by atoms with E-state index < -0.39 is 0 Å². The van der Waals surface area contributed by atoms with Gasteiger partial charge in [-0.05, 0) is 24.3 Å². The minimum Gasteiger partial charge on any atom is -0.497 e. The third-order valence-corrected chi connectivity index (χ3v) is 4.36. The molecule has 1 aliphatic rings. The first-order valence-corrected chi connectivity index (χ1v) is 9.09. The van der Waals surface area contributed by atoms with Crippen LogP contribution in [0.15, 0.2) is 35.5 Å². The minimum absolute atomic E-state index is 0.549. The maximum atomic E-state index is 5.36. The van der Waals surface area contributed by atoms with Crippen LogP contribution in [0.5, 0.6) is 5.75 Å². The monoisotopic (exact) mass is 373 g/mol. The van der Waals surface area contributed by atoms with Crippen LogP contribution in [0.2, 0.25) is 0 Å². The van der Waals surface area contributed by atoms with E-state index in [0.29, 0.717) is 6.54 Å². The third kappa shape index (κ3) is 5.66. The summed E-state index contributed by atoms with van der Waals surface area (Å²) in [5.41, 5.74) is 1.77. The largest absolute Gasteiger partial charge is 0.497 e. The topological polar surface area (TPSA) is 88.8 Å². The summed E-state index contributed by atoms with van der Waals surface area (Å²) in [5.74, 6) is 1.56. The molecule has 9 heteroatoms. The minimum atomic E-state index is 0.549. The van der Waals surface area contributed by atoms with Crippen molar-refractivity contribution in [3.63, 3.8) is 0 Å². The number of ether oxygens (including phenoxy) is 2. The molecule has 1 aromatic heterocycles. The van der Waals surface area contributed by atoms with Gasteiger partial charge in [-0.25, -0.2) is 4.68 Å². The Bertz CT molecular complexity index is 724. The molecule has 9 nitrogen and oxygen atoms in total. The van der Waals surface area contributed by atoms with Crippen LogP contribution in [-0.4, -0.2) is 79.4 Å². The molecular weight excluding hydrogens is 346 g/mol. The molecule has 0 unspecified atom stereocenters. The van der Waals surface area contributed by atoms with Crippen molar-refractivity contribution in [1.29, 1.82) is 0 Å². The Morgan fingerprint density at radius 3 is 2.70 bits per heavy atom. The van der Waals surface area contributed by atoms with Crippen molar-refractivity contribution in [1.82, 2.24) is 30.5 Å². The molecule has 0 spiro atoms. The lowest BCUT2D eigenvalue weighted by atomic mass is 10.3. The number of hydrogen-bond acceptors (Lipinski definition) is 6. The van der Waals surface area contributed by atoms with Crippen molar-refractivity contribution >= 4 is 5.96 Å². The van der Waals surface area contributed by atoms with Gasteiger partial charge in [-0.3, -0.25) is 9.89 Å². The van der Waals surface area contributed by atoms with Gasteiger partial charge in [0.25, 0.3) is 0 Å². The number of rotatable bonds is 7. The molecule has 0 atom stereocenters. The van der Waals surface area contributed by atoms with Crippen LogP contribution in [0, 0.1) is 0 Å². The summed E-state index contributed by atoms with van der Waals surface area (Å²) >= 11 is 0. The molecule has 0 aliphatic carbocycles. The summed E-state index contributed by atoms with van der Waals surface area (Å²) in [4.78, 5) is 6.63. The van der Waals surface area contributed by atoms with Crippen LogP contribution in [0.4, 0.5) is 0 Å². The summed E-state index contributed by atoms with van der Waals surface area (Å²) in [6.07, 6.45) is 1.90. The second-order valence-electron chi connectivity index (χ2n) is 6.16. The highest BCUT2D eigenvalue weighted by Gasteiger charge is 2.10. The molecule has 0 radical (unpaired) electrons. The van der Waals surface area contributed by atoms with Crippen LogP contribution in [0.1, 0.15) is 5.69 Å². The van der Waals surface area contributed by atoms with Crippen LogP contribution < -0.4 is 15.4 Å². The van der Waals surface area contributed by atoms with Gasteiger partial charge in [0, 0.05) is 33.2 Å². The van der Waals surface area contributed by atoms with E-state index in [2.05, 4.69) is 30.8 Å². The van der Waals surface area contributed by atoms with E-state index in [1.165, 1.54) is 0 Å². The fourth-order valence-electron chi connectivity index (χ4n) is 2.79. The van der Waals surface area contributed by atoms with Crippen LogP contribution in [0.25, 0.3) is 5.69 Å². The Morgan fingerprint density at radius 2 is 2.00 bits per heavy atom. The first kappa shape index (κ1) is 19.1. The lowest BCUT2D eigenvalue weighted by Gasteiger charge is -2.26. The Hall–Kier alpha value is -2.65. The zero-order valence-electron chi connectivity index (χ0n) is 15.9. The molecular formula is C18H27N7O2. The van der Waals surface area contributed by atoms with E-state index in [9.17, 15) is 0 Å². The van der Waals surface area contributed by atoms with Gasteiger partial charge < -0.3 is 20.1 Å². The number of methoxy groups -OCH3 is 1. The second-order valence-corrected chi connectivity index (χ2v) is 6.16. The predicted molar refractivity (Wildman–Crippen MR) is 103 cm³/mol. The molecule has 1 saturated heterocycles. The molecule has 0 amide bonds. The molecule has 2 aromatic rings. The molecule has 2 heterocycles. The maximum absolute atomic E-state index is 5.36. The Balaban J connectivity index is 1.44. The SMILES string of the molecule is CN=C(NCCN1CCOCC1)NCc1cn(-c2ccc(OC)cc2)nn1. The van der Waals surface area contributed by atoms with E-state index in [1.807, 2.05) is 30.5 Å². The standard InChI is InChI=1S/C18H27N7O2/c1-19-18(20-7-8-24-9-11-27-12-10-24)21-13-15-14-25(23-22-15)16-3-5-17(26-2)6-4-16/h3-6,14H,7-13H2,1-2H3,(H2,19,20,21). The predicted octanol–water partition coefficient (Wildman–Crippen LogP) is 0.273. The van der Waals surface area contributed by atoms with Gasteiger partial charge in [0.05, 0.1) is 38.8 Å². The molecule has 1 aromatic carbocycles. The van der Waals surface area contributed by atoms with Gasteiger partial charge >= 0.3 is 0 Å². The van der Waals surface area contributed by atoms with Gasteiger partial charge in [0.2, 0.25) is 0 Å². The van der Waals surface area contributed by atoms with E-state index in [0.717, 1.165) is 62.5 Å². The highest BCUT2D eigenvalue weighted by molar-refractivity contribution is 5.79. The second kappa shape index (κ2) is 9.89. The fraction of sp³-hybridized carbons (Fsp3) is 0.500. The summed E-state index contributed by atoms with van der Waals surface area (Å²) in [7, 11) is 3.41. The number of hydrogen-bond donors (Lipinski definition) is 2. The third-order valence-electron chi connectivity index (χ3n) is 4.36. The summed E-state index contributed by atoms with van der Waals surface area (Å²) in [5, 5.41) is 15.0. The number of aromatic nitrogens is 3. The Labute approximate surface area is 159 Å². The molecule has 0 saturated carbocycles. The first-order chi connectivity index (χ1) is 13.3. The summed E-state index contributed by atoms with van der Waals surface area (Å²) < 4.78 is 12.3. The zero-order valence-corrected chi connectivity index (χ0v) is 15.9. The van der Waals surface area contributed by atoms with Crippen molar-refractivity contribution < 1.29 is 9.47 Å². The maximum Gasteiger partial charge on any atom is 0.191 e. The number of guanidine groups is 1. The quantitative estimate of drug-likeness (QED) is 0.532. The number of aliphatic imine (C=N–C) groups is 1. The van der Waals surface area contributed by atoms with Crippen LogP contribution in [0.3, 0.4) is 0 Å². The highest BCUT2D eigenvalue weighted by Crippen LogP contribution is 2.14. The van der Waals surface area contributed by atoms with Gasteiger partial charge in [-0.1, -0.05) is 5.21 Å². The van der Waals surface area contributed by atoms with E-state index in [4.69, 9.17) is 9.47 Å². The summed E-state index contributed by atoms with van der Waals surface area (Å²) in [6, 6.07) is 7.68. The molecule has 0 bridgehead atoms. The number of nitrogens with one attached hydrogen (secondary N) is 2. The van der Waals surface area contributed by atoms with Gasteiger partial charge in [0.1, 0.15) is 11.4 Å². The van der Waals surface area contributed by atoms with Crippen LogP contribution >= 0.6 is 0 Å². The number of morpholine rings is 1. The molecule has 1 aliphatic heterocycles. The highest BCUT2D eigenvalue weighted by atomic mass is 16.5. The van der Waals surface area contributed by atoms with Crippen molar-refractivity contribution in [3.8, 4) is 11.4 Å². The van der Waals surface area contributed by atoms with Gasteiger partial charge in [-0.15, -0.1) is 5.10 Å². The Kier molecular flexibility index (Phi) is 7.00. The summed E-state index contributed by atoms with van der Waals surface area (Å²) in [6.45, 7) is 5.96. The molecule has 27 heavy (non-hydrogen) atoms. The molecule has 2 N–H and O–H groups in total. The molecule has 3 rings (SSSR count). The number of benzene rings is 1. The van der Waals surface area contributed by atoms with Gasteiger partial charge in [-0.2, -0.15) is 0 Å². The van der Waals surface area contributed by atoms with Crippen molar-refractivity contribution in [3.05, 3.63) is 36.2 Å². The van der Waals surface area contributed by atoms with Crippen LogP contribution in [-0.2, 0) is 11.3 Å². The lowest BCUT2D eigenvalue weighted by molar-refractivity contribution is 0.0389. The average Bonchev–Trinajstić information content (AvgIpc) is 3.20. The van der Waals surface area contributed by atoms with Crippen molar-refractivity contribution in [2.75, 3.05) is 53.6 Å². The first-order valence-electron chi connectivity index (χ1n) is 9.09. The van der Waals surface area contributed by atoms with E-state index in [1.54, 1.807) is 18.8 Å². The lowest BCUT2D eigenvalue weighted by Crippen LogP contribution is -2.44. The molecule has 146 valence electrons. The van der Waals surface area contributed by atoms with Crippen molar-refractivity contribution in [2.24, 2.45) is 4.99 Å². The normalized spacial score (nSPS) is 15.6. The smallest absolute Gasteiger partial charge is 0.191 e. The fourth-order valence-corrected chi connectivity index (χ4v) is 2.79. The van der Waals surface area contributed by atoms with E-state index >= 15 is 0 Å². The van der Waals surface area contributed by atoms with E-state index in [-0.39, 0.29) is 0 Å². The Morgan fingerprint density at radius 1 is 1.22 bits per heavy atom. The van der Waals surface area contributed by atoms with Crippen molar-refractivity contribution in [2.45, 2.75) is 6.54 Å². The van der Waals surface area contributed by atoms with Gasteiger partial charge in [0.15, 0.2) is 5.96 Å². The number of nitrogens with zero attached hydrogens (tertiary/aromatic N) is 5.